The molecule has 0 bridgehead atoms. The van der Waals surface area contributed by atoms with Crippen LogP contribution in [0, 0.1) is 0 Å². The highest BCUT2D eigenvalue weighted by Crippen LogP contribution is 2.47. The number of hydrogen-bond donors (Lipinski definition) is 0. The van der Waals surface area contributed by atoms with Crippen LogP contribution in [-0.4, -0.2) is 0 Å². The Balaban J connectivity index is 1.26. The van der Waals surface area contributed by atoms with Crippen LogP contribution in [0.5, 0.6) is 0 Å². The lowest BCUT2D eigenvalue weighted by Gasteiger charge is -2.19. The van der Waals surface area contributed by atoms with Crippen molar-refractivity contribution in [2.24, 2.45) is 0 Å². The number of hydrogen-bond acceptors (Lipinski definition) is 1. The SMILES string of the molecule is c1ccc(-c2cc(-c3ccccc3)cc(-c3c4ccccc4c(-c4ccc5sc6cc7ccccc7cc6c5c4)c4ccccc34)c2)cc1. The first-order chi connectivity index (χ1) is 24.3. The minimum Gasteiger partial charge on any atom is -0.135 e. The van der Waals surface area contributed by atoms with Crippen molar-refractivity contribution in [2.75, 3.05) is 0 Å². The molecule has 0 amide bonds. The minimum atomic E-state index is 1.22. The molecule has 0 aliphatic rings. The zero-order chi connectivity index (χ0) is 32.3. The van der Waals surface area contributed by atoms with Crippen molar-refractivity contribution >= 4 is 63.8 Å². The second kappa shape index (κ2) is 11.3. The summed E-state index contributed by atoms with van der Waals surface area (Å²) in [6.45, 7) is 0. The summed E-state index contributed by atoms with van der Waals surface area (Å²) in [6.07, 6.45) is 0. The van der Waals surface area contributed by atoms with E-state index >= 15 is 0 Å². The molecule has 0 unspecified atom stereocenters. The lowest BCUT2D eigenvalue weighted by molar-refractivity contribution is 1.58. The largest absolute Gasteiger partial charge is 0.135 e. The standard InChI is InChI=1S/C48H30S/c1-3-13-31(14-4-1)36-25-37(32-15-5-2-6-16-32)27-38(26-36)48-41-21-11-9-19-39(41)47(40-20-10-12-22-42(40)48)35-23-24-45-43(29-35)44-28-33-17-7-8-18-34(33)30-46(44)49-45/h1-30H. The van der Waals surface area contributed by atoms with Gasteiger partial charge in [0, 0.05) is 20.2 Å². The molecule has 1 aromatic heterocycles. The van der Waals surface area contributed by atoms with Gasteiger partial charge in [0.15, 0.2) is 0 Å². The smallest absolute Gasteiger partial charge is 0.0361 e. The molecule has 10 aromatic rings. The Morgan fingerprint density at radius 3 is 1.27 bits per heavy atom. The lowest BCUT2D eigenvalue weighted by Crippen LogP contribution is -1.92. The first-order valence-corrected chi connectivity index (χ1v) is 17.7. The second-order valence-corrected chi connectivity index (χ2v) is 14.0. The Morgan fingerprint density at radius 2 is 0.694 bits per heavy atom. The molecule has 10 rings (SSSR count). The second-order valence-electron chi connectivity index (χ2n) is 12.9. The zero-order valence-corrected chi connectivity index (χ0v) is 27.5. The normalized spacial score (nSPS) is 11.7. The fourth-order valence-corrected chi connectivity index (χ4v) is 8.85. The van der Waals surface area contributed by atoms with Crippen LogP contribution in [0.1, 0.15) is 0 Å². The zero-order valence-electron chi connectivity index (χ0n) is 26.7. The van der Waals surface area contributed by atoms with Gasteiger partial charge in [-0.3, -0.25) is 0 Å². The third-order valence-electron chi connectivity index (χ3n) is 9.99. The van der Waals surface area contributed by atoms with Crippen LogP contribution < -0.4 is 0 Å². The molecule has 0 nitrogen and oxygen atoms in total. The van der Waals surface area contributed by atoms with E-state index in [2.05, 4.69) is 182 Å². The summed E-state index contributed by atoms with van der Waals surface area (Å²) in [5.41, 5.74) is 9.92. The number of fused-ring (bicyclic) bond motifs is 6. The van der Waals surface area contributed by atoms with Crippen molar-refractivity contribution in [1.29, 1.82) is 0 Å². The first kappa shape index (κ1) is 28.0. The molecule has 0 spiro atoms. The van der Waals surface area contributed by atoms with E-state index in [0.717, 1.165) is 0 Å². The maximum atomic E-state index is 2.43. The van der Waals surface area contributed by atoms with Crippen LogP contribution in [0.4, 0.5) is 0 Å². The van der Waals surface area contributed by atoms with Crippen LogP contribution in [0.3, 0.4) is 0 Å². The Morgan fingerprint density at radius 1 is 0.245 bits per heavy atom. The molecule has 0 N–H and O–H groups in total. The molecule has 49 heavy (non-hydrogen) atoms. The Hall–Kier alpha value is -6.02. The van der Waals surface area contributed by atoms with Gasteiger partial charge in [-0.2, -0.15) is 0 Å². The molecule has 228 valence electrons. The van der Waals surface area contributed by atoms with Gasteiger partial charge in [0.2, 0.25) is 0 Å². The van der Waals surface area contributed by atoms with E-state index in [1.165, 1.54) is 97.0 Å². The van der Waals surface area contributed by atoms with Crippen molar-refractivity contribution in [3.8, 4) is 44.5 Å². The van der Waals surface area contributed by atoms with Gasteiger partial charge in [0.25, 0.3) is 0 Å². The van der Waals surface area contributed by atoms with Gasteiger partial charge in [-0.1, -0.05) is 140 Å². The van der Waals surface area contributed by atoms with E-state index in [0.29, 0.717) is 0 Å². The summed E-state index contributed by atoms with van der Waals surface area (Å²) < 4.78 is 2.66. The highest BCUT2D eigenvalue weighted by atomic mass is 32.1. The maximum Gasteiger partial charge on any atom is 0.0361 e. The van der Waals surface area contributed by atoms with Gasteiger partial charge in [-0.05, 0) is 119 Å². The Labute approximate surface area is 289 Å². The van der Waals surface area contributed by atoms with Gasteiger partial charge >= 0.3 is 0 Å². The first-order valence-electron chi connectivity index (χ1n) is 16.8. The summed E-state index contributed by atoms with van der Waals surface area (Å²) >= 11 is 1.89. The van der Waals surface area contributed by atoms with Crippen molar-refractivity contribution in [1.82, 2.24) is 0 Å². The molecular weight excluding hydrogens is 609 g/mol. The molecular formula is C48H30S. The van der Waals surface area contributed by atoms with Crippen LogP contribution in [-0.2, 0) is 0 Å². The summed E-state index contributed by atoms with van der Waals surface area (Å²) in [4.78, 5) is 0. The number of rotatable bonds is 4. The van der Waals surface area contributed by atoms with E-state index in [4.69, 9.17) is 0 Å². The fraction of sp³-hybridized carbons (Fsp3) is 0. The van der Waals surface area contributed by atoms with Crippen molar-refractivity contribution in [3.63, 3.8) is 0 Å². The molecule has 0 radical (unpaired) electrons. The maximum absolute atomic E-state index is 2.43. The summed E-state index contributed by atoms with van der Waals surface area (Å²) in [5.74, 6) is 0. The molecule has 0 fully saturated rings. The predicted octanol–water partition coefficient (Wildman–Crippen LogP) is 14.2. The third-order valence-corrected chi connectivity index (χ3v) is 11.1. The van der Waals surface area contributed by atoms with Gasteiger partial charge in [0.05, 0.1) is 0 Å². The molecule has 1 heterocycles. The summed E-state index contributed by atoms with van der Waals surface area (Å²) in [6, 6.07) is 67.1. The predicted molar refractivity (Wildman–Crippen MR) is 214 cm³/mol. The third kappa shape index (κ3) is 4.66. The van der Waals surface area contributed by atoms with Crippen LogP contribution in [0.25, 0.3) is 97.0 Å². The average molecular weight is 639 g/mol. The Bertz CT molecular complexity index is 2750. The van der Waals surface area contributed by atoms with E-state index in [1.54, 1.807) is 0 Å². The topological polar surface area (TPSA) is 0 Å². The minimum absolute atomic E-state index is 1.22. The van der Waals surface area contributed by atoms with Crippen LogP contribution >= 0.6 is 11.3 Å². The van der Waals surface area contributed by atoms with E-state index < -0.39 is 0 Å². The molecule has 0 saturated heterocycles. The van der Waals surface area contributed by atoms with Crippen molar-refractivity contribution in [3.05, 3.63) is 182 Å². The van der Waals surface area contributed by atoms with Crippen LogP contribution in [0.2, 0.25) is 0 Å². The van der Waals surface area contributed by atoms with Crippen LogP contribution in [0.15, 0.2) is 182 Å². The summed E-state index contributed by atoms with van der Waals surface area (Å²) in [7, 11) is 0. The Kier molecular flexibility index (Phi) is 6.47. The monoisotopic (exact) mass is 638 g/mol. The van der Waals surface area contributed by atoms with Crippen molar-refractivity contribution < 1.29 is 0 Å². The van der Waals surface area contributed by atoms with E-state index in [9.17, 15) is 0 Å². The number of thiophene rings is 1. The van der Waals surface area contributed by atoms with Gasteiger partial charge in [-0.25, -0.2) is 0 Å². The molecule has 0 atom stereocenters. The van der Waals surface area contributed by atoms with Gasteiger partial charge < -0.3 is 0 Å². The lowest BCUT2D eigenvalue weighted by atomic mass is 9.84. The molecule has 0 aliphatic carbocycles. The molecule has 9 aromatic carbocycles. The number of benzene rings is 9. The molecule has 0 aliphatic heterocycles. The molecule has 0 saturated carbocycles. The van der Waals surface area contributed by atoms with E-state index in [-0.39, 0.29) is 0 Å². The quantitative estimate of drug-likeness (QED) is 0.168. The fourth-order valence-electron chi connectivity index (χ4n) is 7.73. The van der Waals surface area contributed by atoms with Gasteiger partial charge in [0.1, 0.15) is 0 Å². The molecule has 1 heteroatoms. The highest BCUT2D eigenvalue weighted by Gasteiger charge is 2.19. The highest BCUT2D eigenvalue weighted by molar-refractivity contribution is 7.25. The van der Waals surface area contributed by atoms with Gasteiger partial charge in [-0.15, -0.1) is 11.3 Å². The van der Waals surface area contributed by atoms with Crippen molar-refractivity contribution in [2.45, 2.75) is 0 Å². The van der Waals surface area contributed by atoms with E-state index in [1.807, 2.05) is 11.3 Å². The average Bonchev–Trinajstić information content (AvgIpc) is 3.53. The summed E-state index contributed by atoms with van der Waals surface area (Å²) in [5, 5.41) is 10.3.